The minimum absolute atomic E-state index is 0.0103. The number of hydrogen-bond donors (Lipinski definition) is 1. The molecular formula is C22H20ClF3N4O4. The SMILES string of the molecule is COn1c(N[C@@H](C)c2ccc(C(F)(F)F)cc2)nc2c(c1=O)CN(C(=O)c1ccc(Cl)o1)CC2. The lowest BCUT2D eigenvalue weighted by molar-refractivity contribution is -0.137. The average Bonchev–Trinajstić information content (AvgIpc) is 3.24. The van der Waals surface area contributed by atoms with Gasteiger partial charge in [-0.2, -0.15) is 13.2 Å². The summed E-state index contributed by atoms with van der Waals surface area (Å²) in [4.78, 5) is 36.9. The number of carbonyl (C=O) groups is 1. The van der Waals surface area contributed by atoms with Gasteiger partial charge >= 0.3 is 6.18 Å². The van der Waals surface area contributed by atoms with Crippen LogP contribution in [0.5, 0.6) is 0 Å². The largest absolute Gasteiger partial charge is 0.440 e. The fourth-order valence-electron chi connectivity index (χ4n) is 3.72. The van der Waals surface area contributed by atoms with Crippen molar-refractivity contribution >= 4 is 23.5 Å². The Balaban J connectivity index is 1.57. The van der Waals surface area contributed by atoms with Gasteiger partial charge in [-0.1, -0.05) is 12.1 Å². The number of nitrogens with one attached hydrogen (secondary N) is 1. The van der Waals surface area contributed by atoms with Gasteiger partial charge in [0.25, 0.3) is 11.5 Å². The summed E-state index contributed by atoms with van der Waals surface area (Å²) in [5.74, 6) is -0.229. The van der Waals surface area contributed by atoms with Crippen LogP contribution in [-0.4, -0.2) is 34.2 Å². The molecule has 1 aromatic carbocycles. The van der Waals surface area contributed by atoms with Crippen molar-refractivity contribution in [3.63, 3.8) is 0 Å². The van der Waals surface area contributed by atoms with Crippen molar-refractivity contribution in [1.82, 2.24) is 14.6 Å². The highest BCUT2D eigenvalue weighted by Gasteiger charge is 2.31. The lowest BCUT2D eigenvalue weighted by Crippen LogP contribution is -2.42. The quantitative estimate of drug-likeness (QED) is 0.575. The Morgan fingerprint density at radius 1 is 1.24 bits per heavy atom. The fraction of sp³-hybridized carbons (Fsp3) is 0.318. The second-order valence-corrected chi connectivity index (χ2v) is 8.08. The van der Waals surface area contributed by atoms with Crippen LogP contribution in [0.25, 0.3) is 0 Å². The Hall–Kier alpha value is -3.47. The molecule has 0 saturated carbocycles. The number of fused-ring (bicyclic) bond motifs is 1. The molecule has 0 bridgehead atoms. The van der Waals surface area contributed by atoms with Crippen molar-refractivity contribution in [3.05, 3.63) is 80.1 Å². The number of alkyl halides is 3. The summed E-state index contributed by atoms with van der Waals surface area (Å²) in [6.07, 6.45) is -4.11. The van der Waals surface area contributed by atoms with E-state index in [1.54, 1.807) is 6.92 Å². The zero-order valence-electron chi connectivity index (χ0n) is 18.1. The highest BCUT2D eigenvalue weighted by molar-refractivity contribution is 6.29. The topological polar surface area (TPSA) is 89.6 Å². The van der Waals surface area contributed by atoms with E-state index in [-0.39, 0.29) is 23.5 Å². The first kappa shape index (κ1) is 23.7. The molecule has 1 aliphatic heterocycles. The van der Waals surface area contributed by atoms with Crippen molar-refractivity contribution in [2.24, 2.45) is 0 Å². The molecule has 180 valence electrons. The number of carbonyl (C=O) groups excluding carboxylic acids is 1. The summed E-state index contributed by atoms with van der Waals surface area (Å²) < 4.78 is 44.6. The Labute approximate surface area is 196 Å². The number of aromatic nitrogens is 2. The number of furan rings is 1. The number of rotatable bonds is 5. The molecule has 1 aliphatic rings. The van der Waals surface area contributed by atoms with Crippen LogP contribution in [0.3, 0.4) is 0 Å². The summed E-state index contributed by atoms with van der Waals surface area (Å²) >= 11 is 5.75. The summed E-state index contributed by atoms with van der Waals surface area (Å²) in [6, 6.07) is 7.16. The zero-order valence-corrected chi connectivity index (χ0v) is 18.9. The maximum atomic E-state index is 13.1. The van der Waals surface area contributed by atoms with E-state index in [0.717, 1.165) is 16.9 Å². The van der Waals surface area contributed by atoms with Gasteiger partial charge in [0.05, 0.1) is 29.4 Å². The van der Waals surface area contributed by atoms with Crippen LogP contribution in [0.1, 0.15) is 45.9 Å². The molecular weight excluding hydrogens is 477 g/mol. The predicted octanol–water partition coefficient (Wildman–Crippen LogP) is 3.94. The minimum atomic E-state index is -4.43. The number of hydrogen-bond acceptors (Lipinski definition) is 6. The van der Waals surface area contributed by atoms with E-state index < -0.39 is 29.2 Å². The normalized spacial score (nSPS) is 14.5. The van der Waals surface area contributed by atoms with Crippen LogP contribution >= 0.6 is 11.6 Å². The monoisotopic (exact) mass is 496 g/mol. The second kappa shape index (κ2) is 9.05. The van der Waals surface area contributed by atoms with Crippen LogP contribution in [0.15, 0.2) is 45.6 Å². The number of benzene rings is 1. The Kier molecular flexibility index (Phi) is 6.30. The Morgan fingerprint density at radius 2 is 1.94 bits per heavy atom. The first-order valence-electron chi connectivity index (χ1n) is 10.3. The maximum absolute atomic E-state index is 13.1. The van der Waals surface area contributed by atoms with E-state index in [9.17, 15) is 22.8 Å². The molecule has 0 unspecified atom stereocenters. The first-order valence-corrected chi connectivity index (χ1v) is 10.6. The van der Waals surface area contributed by atoms with Gasteiger partial charge in [0.1, 0.15) is 7.11 Å². The molecule has 3 aromatic rings. The van der Waals surface area contributed by atoms with Crippen LogP contribution < -0.4 is 15.7 Å². The van der Waals surface area contributed by atoms with Crippen LogP contribution in [0, 0.1) is 0 Å². The van der Waals surface area contributed by atoms with Gasteiger partial charge in [-0.3, -0.25) is 9.59 Å². The molecule has 0 aliphatic carbocycles. The molecule has 34 heavy (non-hydrogen) atoms. The molecule has 0 saturated heterocycles. The molecule has 8 nitrogen and oxygen atoms in total. The van der Waals surface area contributed by atoms with Crippen molar-refractivity contribution < 1.29 is 27.2 Å². The van der Waals surface area contributed by atoms with E-state index in [1.807, 2.05) is 0 Å². The number of halogens is 4. The van der Waals surface area contributed by atoms with Crippen LogP contribution in [0.2, 0.25) is 5.22 Å². The van der Waals surface area contributed by atoms with E-state index >= 15 is 0 Å². The highest BCUT2D eigenvalue weighted by atomic mass is 35.5. The summed E-state index contributed by atoms with van der Waals surface area (Å²) in [5, 5.41) is 3.11. The van der Waals surface area contributed by atoms with E-state index in [0.29, 0.717) is 29.8 Å². The average molecular weight is 497 g/mol. The Bertz CT molecular complexity index is 1270. The molecule has 0 spiro atoms. The van der Waals surface area contributed by atoms with E-state index in [2.05, 4.69) is 10.3 Å². The molecule has 0 radical (unpaired) electrons. The van der Waals surface area contributed by atoms with E-state index in [1.165, 1.54) is 36.3 Å². The molecule has 1 amide bonds. The minimum Gasteiger partial charge on any atom is -0.440 e. The van der Waals surface area contributed by atoms with Gasteiger partial charge in [-0.15, -0.1) is 4.73 Å². The van der Waals surface area contributed by atoms with Crippen LogP contribution in [-0.2, 0) is 19.1 Å². The maximum Gasteiger partial charge on any atom is 0.416 e. The third-order valence-corrected chi connectivity index (χ3v) is 5.73. The van der Waals surface area contributed by atoms with Crippen molar-refractivity contribution in [3.8, 4) is 0 Å². The lowest BCUT2D eigenvalue weighted by Gasteiger charge is -2.28. The van der Waals surface area contributed by atoms with Gasteiger partial charge in [-0.25, -0.2) is 4.98 Å². The van der Waals surface area contributed by atoms with Gasteiger partial charge in [0.15, 0.2) is 11.0 Å². The zero-order chi connectivity index (χ0) is 24.6. The third kappa shape index (κ3) is 4.60. The summed E-state index contributed by atoms with van der Waals surface area (Å²) in [6.45, 7) is 2.04. The highest BCUT2D eigenvalue weighted by Crippen LogP contribution is 2.30. The summed E-state index contributed by atoms with van der Waals surface area (Å²) in [5.41, 5.74) is 0.120. The van der Waals surface area contributed by atoms with Gasteiger partial charge < -0.3 is 19.5 Å². The number of amides is 1. The molecule has 0 fully saturated rings. The second-order valence-electron chi connectivity index (χ2n) is 7.71. The Morgan fingerprint density at radius 3 is 2.53 bits per heavy atom. The van der Waals surface area contributed by atoms with Crippen molar-refractivity contribution in [1.29, 1.82) is 0 Å². The molecule has 4 rings (SSSR count). The number of anilines is 1. The summed E-state index contributed by atoms with van der Waals surface area (Å²) in [7, 11) is 1.29. The molecule has 3 heterocycles. The van der Waals surface area contributed by atoms with Crippen molar-refractivity contribution in [2.45, 2.75) is 32.1 Å². The van der Waals surface area contributed by atoms with E-state index in [4.69, 9.17) is 20.9 Å². The van der Waals surface area contributed by atoms with Gasteiger partial charge in [0.2, 0.25) is 5.95 Å². The predicted molar refractivity (Wildman–Crippen MR) is 117 cm³/mol. The molecule has 1 atom stereocenters. The molecule has 12 heteroatoms. The fourth-order valence-corrected chi connectivity index (χ4v) is 3.86. The molecule has 2 aromatic heterocycles. The van der Waals surface area contributed by atoms with Gasteiger partial charge in [0, 0.05) is 13.0 Å². The first-order chi connectivity index (χ1) is 16.1. The standard InChI is InChI=1S/C22H20ClF3N4O4/c1-12(13-3-5-14(6-4-13)22(24,25)26)27-21-28-16-9-10-29(11-15(16)19(31)30(21)33-2)20(32)17-7-8-18(23)34-17/h3-8,12H,9-11H2,1-2H3,(H,27,28)/t12-/m0/s1. The number of nitrogens with zero attached hydrogens (tertiary/aromatic N) is 3. The lowest BCUT2D eigenvalue weighted by atomic mass is 10.1. The van der Waals surface area contributed by atoms with Crippen LogP contribution in [0.4, 0.5) is 19.1 Å². The van der Waals surface area contributed by atoms with Crippen molar-refractivity contribution in [2.75, 3.05) is 19.0 Å². The smallest absolute Gasteiger partial charge is 0.416 e. The van der Waals surface area contributed by atoms with Gasteiger partial charge in [-0.05, 0) is 48.4 Å². The molecule has 1 N–H and O–H groups in total. The third-order valence-electron chi connectivity index (χ3n) is 5.53.